The molecule has 1 aromatic carbocycles. The molecule has 5 rings (SSSR count). The first-order valence-corrected chi connectivity index (χ1v) is 10.6. The van der Waals surface area contributed by atoms with Crippen molar-refractivity contribution in [2.24, 2.45) is 5.92 Å². The Morgan fingerprint density at radius 2 is 1.89 bits per heavy atom. The van der Waals surface area contributed by atoms with Crippen LogP contribution in [0.25, 0.3) is 0 Å². The fraction of sp³-hybridized carbons (Fsp3) is 0.429. The van der Waals surface area contributed by atoms with Gasteiger partial charge in [-0.15, -0.1) is 11.3 Å². The van der Waals surface area contributed by atoms with Gasteiger partial charge in [0, 0.05) is 35.6 Å². The molecule has 1 N–H and O–H groups in total. The van der Waals surface area contributed by atoms with Crippen molar-refractivity contribution in [2.75, 3.05) is 25.2 Å². The van der Waals surface area contributed by atoms with E-state index in [1.54, 1.807) is 23.5 Å². The number of likely N-dealkylation sites (tertiary alicyclic amines) is 1. The van der Waals surface area contributed by atoms with Crippen LogP contribution in [0, 0.1) is 5.92 Å². The summed E-state index contributed by atoms with van der Waals surface area (Å²) >= 11 is 1.65. The van der Waals surface area contributed by atoms with Crippen molar-refractivity contribution < 1.29 is 19.1 Å². The number of nitrogens with zero attached hydrogens (tertiary/aromatic N) is 1. The summed E-state index contributed by atoms with van der Waals surface area (Å²) in [7, 11) is 0. The van der Waals surface area contributed by atoms with Crippen molar-refractivity contribution in [3.63, 3.8) is 0 Å². The third-order valence-corrected chi connectivity index (χ3v) is 6.98. The monoisotopic (exact) mass is 398 g/mol. The largest absolute Gasteiger partial charge is 0.454 e. The Morgan fingerprint density at radius 1 is 1.07 bits per heavy atom. The molecule has 1 aromatic heterocycles. The summed E-state index contributed by atoms with van der Waals surface area (Å²) in [6.45, 7) is 1.47. The van der Waals surface area contributed by atoms with Crippen LogP contribution in [-0.4, -0.2) is 36.6 Å². The van der Waals surface area contributed by atoms with Crippen molar-refractivity contribution >= 4 is 28.8 Å². The van der Waals surface area contributed by atoms with Gasteiger partial charge in [0.15, 0.2) is 11.5 Å². The number of fused-ring (bicyclic) bond motifs is 2. The maximum Gasteiger partial charge on any atom is 0.263 e. The fourth-order valence-electron chi connectivity index (χ4n) is 4.15. The quantitative estimate of drug-likeness (QED) is 0.860. The van der Waals surface area contributed by atoms with E-state index >= 15 is 0 Å². The predicted molar refractivity (Wildman–Crippen MR) is 106 cm³/mol. The number of carbonyl (C=O) groups excluding carboxylic acids is 2. The smallest absolute Gasteiger partial charge is 0.263 e. The number of piperidine rings is 1. The Kier molecular flexibility index (Phi) is 4.47. The van der Waals surface area contributed by atoms with Gasteiger partial charge in [0.05, 0.1) is 4.88 Å². The SMILES string of the molecule is O=C(Nc1ccc2c(c1)OCO2)C1CCN(C(=O)c2cc3c(s2)CCC3)CC1. The molecule has 3 aliphatic rings. The van der Waals surface area contributed by atoms with Gasteiger partial charge < -0.3 is 19.7 Å². The number of amides is 2. The highest BCUT2D eigenvalue weighted by Crippen LogP contribution is 2.35. The Morgan fingerprint density at radius 3 is 2.71 bits per heavy atom. The minimum atomic E-state index is -0.0807. The molecule has 28 heavy (non-hydrogen) atoms. The summed E-state index contributed by atoms with van der Waals surface area (Å²) in [4.78, 5) is 29.5. The number of thiophene rings is 1. The molecule has 0 radical (unpaired) electrons. The van der Waals surface area contributed by atoms with E-state index in [1.807, 2.05) is 11.0 Å². The molecule has 0 saturated carbocycles. The first-order chi connectivity index (χ1) is 13.7. The Bertz CT molecular complexity index is 909. The summed E-state index contributed by atoms with van der Waals surface area (Å²) in [5, 5.41) is 2.97. The standard InChI is InChI=1S/C21H22N2O4S/c24-20(22-15-4-5-16-17(11-15)27-12-26-16)13-6-8-23(9-7-13)21(25)19-10-14-2-1-3-18(14)28-19/h4-5,10-11,13H,1-3,6-9,12H2,(H,22,24). The van der Waals surface area contributed by atoms with E-state index in [0.29, 0.717) is 43.1 Å². The van der Waals surface area contributed by atoms with E-state index in [4.69, 9.17) is 9.47 Å². The number of anilines is 1. The van der Waals surface area contributed by atoms with Crippen LogP contribution in [0.5, 0.6) is 11.5 Å². The number of aryl methyl sites for hydroxylation is 2. The number of carbonyl (C=O) groups is 2. The lowest BCUT2D eigenvalue weighted by Gasteiger charge is -2.31. The highest BCUT2D eigenvalue weighted by Gasteiger charge is 2.29. The number of hydrogen-bond donors (Lipinski definition) is 1. The van der Waals surface area contributed by atoms with E-state index < -0.39 is 0 Å². The van der Waals surface area contributed by atoms with Gasteiger partial charge in [-0.3, -0.25) is 9.59 Å². The zero-order valence-corrected chi connectivity index (χ0v) is 16.3. The minimum absolute atomic E-state index is 0.000986. The molecule has 0 unspecified atom stereocenters. The van der Waals surface area contributed by atoms with Crippen LogP contribution in [0.4, 0.5) is 5.69 Å². The molecule has 1 aliphatic carbocycles. The van der Waals surface area contributed by atoms with Gasteiger partial charge in [-0.1, -0.05) is 0 Å². The minimum Gasteiger partial charge on any atom is -0.454 e. The van der Waals surface area contributed by atoms with Crippen molar-refractivity contribution in [3.05, 3.63) is 39.6 Å². The van der Waals surface area contributed by atoms with Gasteiger partial charge in [0.2, 0.25) is 12.7 Å². The average molecular weight is 398 g/mol. The molecule has 146 valence electrons. The van der Waals surface area contributed by atoms with E-state index in [2.05, 4.69) is 11.4 Å². The van der Waals surface area contributed by atoms with E-state index in [1.165, 1.54) is 16.9 Å². The predicted octanol–water partition coefficient (Wildman–Crippen LogP) is 3.46. The van der Waals surface area contributed by atoms with Crippen molar-refractivity contribution in [1.29, 1.82) is 0 Å². The zero-order chi connectivity index (χ0) is 19.1. The zero-order valence-electron chi connectivity index (χ0n) is 15.5. The normalized spacial score (nSPS) is 18.2. The van der Waals surface area contributed by atoms with E-state index in [0.717, 1.165) is 17.7 Å². The lowest BCUT2D eigenvalue weighted by atomic mass is 9.95. The number of benzene rings is 1. The third kappa shape index (κ3) is 3.24. The van der Waals surface area contributed by atoms with Crippen LogP contribution in [0.15, 0.2) is 24.3 Å². The van der Waals surface area contributed by atoms with Crippen LogP contribution in [-0.2, 0) is 17.6 Å². The van der Waals surface area contributed by atoms with Crippen LogP contribution >= 0.6 is 11.3 Å². The summed E-state index contributed by atoms with van der Waals surface area (Å²) in [6.07, 6.45) is 4.79. The topological polar surface area (TPSA) is 67.9 Å². The number of rotatable bonds is 3. The Balaban J connectivity index is 1.17. The summed E-state index contributed by atoms with van der Waals surface area (Å²) in [6, 6.07) is 7.49. The molecule has 0 bridgehead atoms. The summed E-state index contributed by atoms with van der Waals surface area (Å²) < 4.78 is 10.6. The number of hydrogen-bond acceptors (Lipinski definition) is 5. The van der Waals surface area contributed by atoms with Crippen LogP contribution < -0.4 is 14.8 Å². The number of ether oxygens (including phenoxy) is 2. The van der Waals surface area contributed by atoms with Crippen LogP contribution in [0.1, 0.15) is 39.4 Å². The van der Waals surface area contributed by atoms with Crippen LogP contribution in [0.3, 0.4) is 0 Å². The molecule has 3 heterocycles. The molecule has 0 spiro atoms. The molecule has 0 atom stereocenters. The summed E-state index contributed by atoms with van der Waals surface area (Å²) in [5.74, 6) is 1.39. The molecule has 6 nitrogen and oxygen atoms in total. The molecular formula is C21H22N2O4S. The van der Waals surface area contributed by atoms with Crippen molar-refractivity contribution in [1.82, 2.24) is 4.90 Å². The maximum atomic E-state index is 12.8. The van der Waals surface area contributed by atoms with E-state index in [-0.39, 0.29) is 24.5 Å². The fourth-order valence-corrected chi connectivity index (χ4v) is 5.38. The van der Waals surface area contributed by atoms with Gasteiger partial charge in [-0.2, -0.15) is 0 Å². The van der Waals surface area contributed by atoms with E-state index in [9.17, 15) is 9.59 Å². The third-order valence-electron chi connectivity index (χ3n) is 5.75. The lowest BCUT2D eigenvalue weighted by Crippen LogP contribution is -2.41. The molecular weight excluding hydrogens is 376 g/mol. The second-order valence-electron chi connectivity index (χ2n) is 7.54. The lowest BCUT2D eigenvalue weighted by molar-refractivity contribution is -0.121. The molecule has 2 amide bonds. The van der Waals surface area contributed by atoms with Crippen LogP contribution in [0.2, 0.25) is 0 Å². The second kappa shape index (κ2) is 7.13. The highest BCUT2D eigenvalue weighted by atomic mass is 32.1. The number of nitrogens with one attached hydrogen (secondary N) is 1. The maximum absolute atomic E-state index is 12.8. The first kappa shape index (κ1) is 17.6. The van der Waals surface area contributed by atoms with Gasteiger partial charge in [-0.05, 0) is 55.9 Å². The average Bonchev–Trinajstić information content (AvgIpc) is 3.43. The van der Waals surface area contributed by atoms with Crippen molar-refractivity contribution in [2.45, 2.75) is 32.1 Å². The molecule has 1 fully saturated rings. The first-order valence-electron chi connectivity index (χ1n) is 9.79. The summed E-state index contributed by atoms with van der Waals surface area (Å²) in [5.41, 5.74) is 2.06. The second-order valence-corrected chi connectivity index (χ2v) is 8.67. The molecule has 1 saturated heterocycles. The van der Waals surface area contributed by atoms with Gasteiger partial charge in [0.1, 0.15) is 0 Å². The van der Waals surface area contributed by atoms with Gasteiger partial charge >= 0.3 is 0 Å². The molecule has 7 heteroatoms. The van der Waals surface area contributed by atoms with Crippen molar-refractivity contribution in [3.8, 4) is 11.5 Å². The Labute approximate surface area is 167 Å². The molecule has 2 aliphatic heterocycles. The Hall–Kier alpha value is -2.54. The van der Waals surface area contributed by atoms with Gasteiger partial charge in [0.25, 0.3) is 5.91 Å². The van der Waals surface area contributed by atoms with Gasteiger partial charge in [-0.25, -0.2) is 0 Å². The molecule has 2 aromatic rings. The highest BCUT2D eigenvalue weighted by molar-refractivity contribution is 7.14.